The number of anilines is 1. The molecule has 8 nitrogen and oxygen atoms in total. The average molecular weight is 563 g/mol. The summed E-state index contributed by atoms with van der Waals surface area (Å²) in [4.78, 5) is 8.68. The minimum atomic E-state index is -1.07. The van der Waals surface area contributed by atoms with Crippen LogP contribution in [0.25, 0.3) is 0 Å². The van der Waals surface area contributed by atoms with Crippen LogP contribution in [0.1, 0.15) is 5.56 Å². The number of benzene rings is 2. The number of ether oxygens (including phenoxy) is 3. The fourth-order valence-corrected chi connectivity index (χ4v) is 5.38. The Hall–Kier alpha value is -2.56. The van der Waals surface area contributed by atoms with Gasteiger partial charge in [0.2, 0.25) is 5.79 Å². The van der Waals surface area contributed by atoms with Crippen LogP contribution in [0, 0.1) is 0 Å². The van der Waals surface area contributed by atoms with E-state index in [1.54, 1.807) is 24.7 Å². The zero-order valence-corrected chi connectivity index (χ0v) is 22.8. The van der Waals surface area contributed by atoms with Gasteiger partial charge in [-0.1, -0.05) is 29.3 Å². The van der Waals surface area contributed by atoms with E-state index in [4.69, 9.17) is 49.6 Å². The van der Waals surface area contributed by atoms with Gasteiger partial charge in [-0.05, 0) is 48.6 Å². The molecule has 5 rings (SSSR count). The first-order valence-corrected chi connectivity index (χ1v) is 13.3. The van der Waals surface area contributed by atoms with Gasteiger partial charge in [-0.25, -0.2) is 4.98 Å². The third-order valence-electron chi connectivity index (χ3n) is 6.57. The molecule has 2 aliphatic rings. The van der Waals surface area contributed by atoms with E-state index in [1.807, 2.05) is 36.0 Å². The molecule has 2 aliphatic heterocycles. The van der Waals surface area contributed by atoms with Gasteiger partial charge in [0, 0.05) is 61.9 Å². The lowest BCUT2D eigenvalue weighted by atomic mass is 10.1. The Morgan fingerprint density at radius 3 is 2.62 bits per heavy atom. The van der Waals surface area contributed by atoms with E-state index in [2.05, 4.69) is 32.2 Å². The molecule has 2 saturated heterocycles. The summed E-state index contributed by atoms with van der Waals surface area (Å²) in [6, 6.07) is 13.5. The Labute approximate surface area is 232 Å². The smallest absolute Gasteiger partial charge is 0.215 e. The molecule has 196 valence electrons. The number of piperazine rings is 1. The molecule has 0 bridgehead atoms. The summed E-state index contributed by atoms with van der Waals surface area (Å²) in [6.07, 6.45) is 5.02. The van der Waals surface area contributed by atoms with Crippen molar-refractivity contribution in [2.75, 3.05) is 51.3 Å². The largest absolute Gasteiger partial charge is 0.491 e. The van der Waals surface area contributed by atoms with E-state index in [9.17, 15) is 0 Å². The molecular weight excluding hydrogens is 533 g/mol. The molecule has 0 amide bonds. The van der Waals surface area contributed by atoms with E-state index >= 15 is 0 Å². The standard InChI is InChI=1S/C26H29Cl2N5O3S/c1-29-25(37)33-12-10-32(11-13-33)20-3-5-21(6-4-20)34-15-22-16-35-26(36-22,17-31-9-8-30-18-31)23-7-2-19(27)14-24(23)28/h2-9,14,18,22H,10-13,15-17H2,1H3,(H,29,37)/t22-,26-/m0/s1. The summed E-state index contributed by atoms with van der Waals surface area (Å²) >= 11 is 18.0. The zero-order chi connectivity index (χ0) is 25.8. The maximum Gasteiger partial charge on any atom is 0.215 e. The van der Waals surface area contributed by atoms with Crippen molar-refractivity contribution in [1.29, 1.82) is 0 Å². The van der Waals surface area contributed by atoms with Gasteiger partial charge >= 0.3 is 0 Å². The molecule has 3 heterocycles. The lowest BCUT2D eigenvalue weighted by molar-refractivity contribution is -0.189. The van der Waals surface area contributed by atoms with Crippen LogP contribution in [0.5, 0.6) is 5.75 Å². The summed E-state index contributed by atoms with van der Waals surface area (Å²) in [7, 11) is 1.86. The second-order valence-electron chi connectivity index (χ2n) is 9.00. The minimum absolute atomic E-state index is 0.279. The number of thiocarbonyl (C=S) groups is 1. The number of nitrogens with zero attached hydrogens (tertiary/aromatic N) is 4. The van der Waals surface area contributed by atoms with Crippen LogP contribution >= 0.6 is 35.4 Å². The number of nitrogens with one attached hydrogen (secondary N) is 1. The summed E-state index contributed by atoms with van der Waals surface area (Å²) in [6.45, 7) is 4.74. The quantitative estimate of drug-likeness (QED) is 0.431. The third kappa shape index (κ3) is 5.97. The van der Waals surface area contributed by atoms with E-state index in [1.165, 1.54) is 5.69 Å². The van der Waals surface area contributed by atoms with Crippen LogP contribution in [0.3, 0.4) is 0 Å². The second kappa shape index (κ2) is 11.4. The van der Waals surface area contributed by atoms with Crippen molar-refractivity contribution in [3.8, 4) is 5.75 Å². The number of rotatable bonds is 7. The van der Waals surface area contributed by atoms with Crippen LogP contribution in [0.2, 0.25) is 10.0 Å². The molecule has 2 fully saturated rings. The number of hydrogen-bond donors (Lipinski definition) is 1. The third-order valence-corrected chi connectivity index (χ3v) is 7.58. The number of imidazole rings is 1. The highest BCUT2D eigenvalue weighted by atomic mass is 35.5. The van der Waals surface area contributed by atoms with E-state index < -0.39 is 5.79 Å². The molecule has 2 atom stereocenters. The van der Waals surface area contributed by atoms with Gasteiger partial charge in [-0.15, -0.1) is 0 Å². The maximum absolute atomic E-state index is 6.55. The molecule has 0 saturated carbocycles. The molecule has 0 unspecified atom stereocenters. The van der Waals surface area contributed by atoms with E-state index in [-0.39, 0.29) is 6.10 Å². The average Bonchev–Trinajstić information content (AvgIpc) is 3.58. The summed E-state index contributed by atoms with van der Waals surface area (Å²) < 4.78 is 20.7. The van der Waals surface area contributed by atoms with Crippen molar-refractivity contribution in [2.45, 2.75) is 18.4 Å². The van der Waals surface area contributed by atoms with Crippen LogP contribution in [-0.4, -0.2) is 72.1 Å². The van der Waals surface area contributed by atoms with E-state index in [0.29, 0.717) is 29.8 Å². The molecule has 0 aliphatic carbocycles. The molecular formula is C26H29Cl2N5O3S. The highest BCUT2D eigenvalue weighted by Gasteiger charge is 2.45. The first kappa shape index (κ1) is 26.1. The Balaban J connectivity index is 1.20. The molecule has 3 aromatic rings. The maximum atomic E-state index is 6.55. The number of aromatic nitrogens is 2. The highest BCUT2D eigenvalue weighted by Crippen LogP contribution is 2.40. The summed E-state index contributed by atoms with van der Waals surface area (Å²) in [5, 5.41) is 4.89. The SMILES string of the molecule is CNC(=S)N1CCN(c2ccc(OC[C@H]3CO[C@](Cn4ccnc4)(c4ccc(Cl)cc4Cl)O3)cc2)CC1. The Morgan fingerprint density at radius 2 is 1.95 bits per heavy atom. The molecule has 2 aromatic carbocycles. The molecule has 0 spiro atoms. The Bertz CT molecular complexity index is 1210. The van der Waals surface area contributed by atoms with Gasteiger partial charge in [0.25, 0.3) is 0 Å². The minimum Gasteiger partial charge on any atom is -0.491 e. The van der Waals surface area contributed by atoms with Crippen LogP contribution in [0.4, 0.5) is 5.69 Å². The van der Waals surface area contributed by atoms with Crippen LogP contribution < -0.4 is 15.0 Å². The number of hydrogen-bond acceptors (Lipinski definition) is 6. The summed E-state index contributed by atoms with van der Waals surface area (Å²) in [5.41, 5.74) is 1.88. The second-order valence-corrected chi connectivity index (χ2v) is 10.2. The van der Waals surface area contributed by atoms with Gasteiger partial charge in [0.1, 0.15) is 18.5 Å². The first-order valence-electron chi connectivity index (χ1n) is 12.1. The van der Waals surface area contributed by atoms with E-state index in [0.717, 1.165) is 42.6 Å². The van der Waals surface area contributed by atoms with Crippen LogP contribution in [-0.2, 0) is 21.8 Å². The van der Waals surface area contributed by atoms with Crippen LogP contribution in [0.15, 0.2) is 61.2 Å². The van der Waals surface area contributed by atoms with Gasteiger partial charge in [0.15, 0.2) is 5.11 Å². The normalized spacial score (nSPS) is 21.8. The lowest BCUT2D eigenvalue weighted by Gasteiger charge is -2.37. The van der Waals surface area contributed by atoms with Crippen molar-refractivity contribution in [3.63, 3.8) is 0 Å². The Morgan fingerprint density at radius 1 is 1.16 bits per heavy atom. The molecule has 11 heteroatoms. The fourth-order valence-electron chi connectivity index (χ4n) is 4.64. The van der Waals surface area contributed by atoms with Crippen molar-refractivity contribution in [2.24, 2.45) is 0 Å². The molecule has 1 aromatic heterocycles. The van der Waals surface area contributed by atoms with Crippen molar-refractivity contribution < 1.29 is 14.2 Å². The molecule has 37 heavy (non-hydrogen) atoms. The van der Waals surface area contributed by atoms with Gasteiger partial charge < -0.3 is 33.9 Å². The van der Waals surface area contributed by atoms with Crippen molar-refractivity contribution in [1.82, 2.24) is 19.8 Å². The van der Waals surface area contributed by atoms with Crippen molar-refractivity contribution in [3.05, 3.63) is 76.8 Å². The topological polar surface area (TPSA) is 64.0 Å². The molecule has 0 radical (unpaired) electrons. The van der Waals surface area contributed by atoms with Gasteiger partial charge in [-0.2, -0.15) is 0 Å². The lowest BCUT2D eigenvalue weighted by Crippen LogP contribution is -2.51. The number of halogens is 2. The fraction of sp³-hybridized carbons (Fsp3) is 0.385. The van der Waals surface area contributed by atoms with Gasteiger partial charge in [0.05, 0.1) is 24.5 Å². The monoisotopic (exact) mass is 561 g/mol. The zero-order valence-electron chi connectivity index (χ0n) is 20.5. The predicted molar refractivity (Wildman–Crippen MR) is 149 cm³/mol. The van der Waals surface area contributed by atoms with Gasteiger partial charge in [-0.3, -0.25) is 0 Å². The highest BCUT2D eigenvalue weighted by molar-refractivity contribution is 7.80. The predicted octanol–water partition coefficient (Wildman–Crippen LogP) is 4.16. The molecule has 1 N–H and O–H groups in total. The van der Waals surface area contributed by atoms with Crippen molar-refractivity contribution >= 4 is 46.2 Å². The summed E-state index contributed by atoms with van der Waals surface area (Å²) in [5.74, 6) is -0.295. The Kier molecular flexibility index (Phi) is 8.07. The first-order chi connectivity index (χ1) is 18.0.